The highest BCUT2D eigenvalue weighted by Crippen LogP contribution is 2.30. The van der Waals surface area contributed by atoms with Gasteiger partial charge in [0.2, 0.25) is 0 Å². The maximum absolute atomic E-state index is 5.34. The molecule has 5 heteroatoms. The second-order valence-electron chi connectivity index (χ2n) is 3.44. The van der Waals surface area contributed by atoms with Gasteiger partial charge in [-0.25, -0.2) is 0 Å². The zero-order valence-electron chi connectivity index (χ0n) is 10.7. The Kier molecular flexibility index (Phi) is 5.76. The summed E-state index contributed by atoms with van der Waals surface area (Å²) < 4.78 is 15.8. The number of rotatable bonds is 7. The molecule has 0 aliphatic rings. The summed E-state index contributed by atoms with van der Waals surface area (Å²) in [4.78, 5) is 4.84. The predicted octanol–water partition coefficient (Wildman–Crippen LogP) is 1.50. The minimum Gasteiger partial charge on any atom is -0.496 e. The van der Waals surface area contributed by atoms with E-state index in [2.05, 4.69) is 5.48 Å². The van der Waals surface area contributed by atoms with Crippen LogP contribution in [0.5, 0.6) is 11.5 Å². The molecule has 0 amide bonds. The van der Waals surface area contributed by atoms with Crippen molar-refractivity contribution in [2.45, 2.75) is 13.2 Å². The third-order valence-electron chi connectivity index (χ3n) is 2.37. The van der Waals surface area contributed by atoms with Gasteiger partial charge in [-0.15, -0.1) is 0 Å². The van der Waals surface area contributed by atoms with Crippen LogP contribution in [0, 0.1) is 0 Å². The highest BCUT2D eigenvalue weighted by Gasteiger charge is 2.12. The zero-order valence-corrected chi connectivity index (χ0v) is 10.7. The lowest BCUT2D eigenvalue weighted by molar-refractivity contribution is 0.0854. The number of methoxy groups -OCH3 is 3. The molecule has 1 rings (SSSR count). The Morgan fingerprint density at radius 1 is 1.00 bits per heavy atom. The highest BCUT2D eigenvalue weighted by atomic mass is 16.6. The lowest BCUT2D eigenvalue weighted by Crippen LogP contribution is -2.13. The Morgan fingerprint density at radius 2 is 1.59 bits per heavy atom. The van der Waals surface area contributed by atoms with Crippen molar-refractivity contribution in [2.75, 3.05) is 28.4 Å². The number of hydrogen-bond acceptors (Lipinski definition) is 5. The molecule has 0 aliphatic heterocycles. The molecule has 5 nitrogen and oxygen atoms in total. The summed E-state index contributed by atoms with van der Waals surface area (Å²) in [6, 6.07) is 3.86. The minimum atomic E-state index is 0.510. The van der Waals surface area contributed by atoms with Crippen molar-refractivity contribution in [3.63, 3.8) is 0 Å². The average molecular weight is 241 g/mol. The van der Waals surface area contributed by atoms with Crippen molar-refractivity contribution < 1.29 is 19.0 Å². The monoisotopic (exact) mass is 241 g/mol. The first-order valence-corrected chi connectivity index (χ1v) is 5.25. The highest BCUT2D eigenvalue weighted by molar-refractivity contribution is 5.48. The van der Waals surface area contributed by atoms with Gasteiger partial charge in [0.15, 0.2) is 0 Å². The molecule has 0 atom stereocenters. The normalized spacial score (nSPS) is 10.4. The number of nitrogens with one attached hydrogen (secondary N) is 1. The summed E-state index contributed by atoms with van der Waals surface area (Å²) in [6.45, 7) is 1.03. The third-order valence-corrected chi connectivity index (χ3v) is 2.37. The van der Waals surface area contributed by atoms with E-state index in [0.29, 0.717) is 13.2 Å². The Morgan fingerprint density at radius 3 is 2.00 bits per heavy atom. The Balaban J connectivity index is 3.07. The van der Waals surface area contributed by atoms with Crippen LogP contribution < -0.4 is 15.0 Å². The van der Waals surface area contributed by atoms with Gasteiger partial charge in [-0.05, 0) is 17.7 Å². The zero-order chi connectivity index (χ0) is 12.7. The van der Waals surface area contributed by atoms with Crippen molar-refractivity contribution in [3.05, 3.63) is 23.3 Å². The number of hydrogen-bond donors (Lipinski definition) is 1. The molecule has 0 radical (unpaired) electrons. The second-order valence-corrected chi connectivity index (χ2v) is 3.44. The van der Waals surface area contributed by atoms with E-state index in [1.54, 1.807) is 28.4 Å². The van der Waals surface area contributed by atoms with E-state index < -0.39 is 0 Å². The summed E-state index contributed by atoms with van der Waals surface area (Å²) in [5.74, 6) is 1.50. The molecule has 17 heavy (non-hydrogen) atoms. The Hall–Kier alpha value is -1.30. The summed E-state index contributed by atoms with van der Waals surface area (Å²) in [5.41, 5.74) is 4.69. The topological polar surface area (TPSA) is 49.0 Å². The van der Waals surface area contributed by atoms with Crippen LogP contribution in [0.15, 0.2) is 12.1 Å². The quantitative estimate of drug-likeness (QED) is 0.733. The molecule has 0 saturated heterocycles. The van der Waals surface area contributed by atoms with Crippen LogP contribution in [0.3, 0.4) is 0 Å². The van der Waals surface area contributed by atoms with E-state index in [4.69, 9.17) is 19.0 Å². The maximum atomic E-state index is 5.34. The first-order chi connectivity index (χ1) is 8.26. The molecular weight excluding hydrogens is 222 g/mol. The molecule has 0 saturated carbocycles. The van der Waals surface area contributed by atoms with E-state index in [0.717, 1.165) is 22.6 Å². The van der Waals surface area contributed by atoms with Crippen molar-refractivity contribution in [2.24, 2.45) is 0 Å². The smallest absolute Gasteiger partial charge is 0.127 e. The van der Waals surface area contributed by atoms with Gasteiger partial charge in [0.1, 0.15) is 11.5 Å². The maximum Gasteiger partial charge on any atom is 0.127 e. The van der Waals surface area contributed by atoms with E-state index in [1.165, 1.54) is 0 Å². The van der Waals surface area contributed by atoms with Gasteiger partial charge in [-0.2, -0.15) is 5.48 Å². The van der Waals surface area contributed by atoms with Gasteiger partial charge >= 0.3 is 0 Å². The van der Waals surface area contributed by atoms with Crippen LogP contribution in [0.1, 0.15) is 11.1 Å². The van der Waals surface area contributed by atoms with Gasteiger partial charge in [-0.1, -0.05) is 0 Å². The lowest BCUT2D eigenvalue weighted by Gasteiger charge is -2.15. The van der Waals surface area contributed by atoms with E-state index in [-0.39, 0.29) is 0 Å². The van der Waals surface area contributed by atoms with Crippen molar-refractivity contribution in [3.8, 4) is 11.5 Å². The molecule has 0 fully saturated rings. The van der Waals surface area contributed by atoms with Crippen LogP contribution in [0.4, 0.5) is 0 Å². The Bertz CT molecular complexity index is 329. The summed E-state index contributed by atoms with van der Waals surface area (Å²) in [6.07, 6.45) is 0. The van der Waals surface area contributed by atoms with Crippen molar-refractivity contribution >= 4 is 0 Å². The average Bonchev–Trinajstić information content (AvgIpc) is 2.36. The van der Waals surface area contributed by atoms with Gasteiger partial charge in [0.05, 0.1) is 40.0 Å². The van der Waals surface area contributed by atoms with Crippen LogP contribution in [0.25, 0.3) is 0 Å². The van der Waals surface area contributed by atoms with Crippen LogP contribution in [-0.4, -0.2) is 28.4 Å². The molecule has 0 bridgehead atoms. The summed E-state index contributed by atoms with van der Waals surface area (Å²) in [5, 5.41) is 0. The SMILES string of the molecule is COCc1cc(OC)c(CNOC)c(OC)c1. The summed E-state index contributed by atoms with van der Waals surface area (Å²) in [7, 11) is 6.47. The fourth-order valence-corrected chi connectivity index (χ4v) is 1.61. The molecule has 0 unspecified atom stereocenters. The van der Waals surface area contributed by atoms with E-state index >= 15 is 0 Å². The molecule has 1 aromatic carbocycles. The standard InChI is InChI=1S/C12H19NO4/c1-14-8-9-5-11(15-2)10(7-13-17-4)12(6-9)16-3/h5-6,13H,7-8H2,1-4H3. The fourth-order valence-electron chi connectivity index (χ4n) is 1.61. The predicted molar refractivity (Wildman–Crippen MR) is 64.1 cm³/mol. The number of benzene rings is 1. The van der Waals surface area contributed by atoms with Crippen LogP contribution >= 0.6 is 0 Å². The third kappa shape index (κ3) is 3.59. The fraction of sp³-hybridized carbons (Fsp3) is 0.500. The molecule has 96 valence electrons. The number of ether oxygens (including phenoxy) is 3. The largest absolute Gasteiger partial charge is 0.496 e. The van der Waals surface area contributed by atoms with Crippen molar-refractivity contribution in [1.29, 1.82) is 0 Å². The first kappa shape index (κ1) is 13.8. The van der Waals surface area contributed by atoms with Gasteiger partial charge in [0.25, 0.3) is 0 Å². The minimum absolute atomic E-state index is 0.510. The van der Waals surface area contributed by atoms with Gasteiger partial charge in [-0.3, -0.25) is 0 Å². The molecule has 0 heterocycles. The summed E-state index contributed by atoms with van der Waals surface area (Å²) >= 11 is 0. The molecule has 1 N–H and O–H groups in total. The first-order valence-electron chi connectivity index (χ1n) is 5.25. The lowest BCUT2D eigenvalue weighted by atomic mass is 10.1. The number of hydroxylamine groups is 1. The molecule has 0 aliphatic carbocycles. The van der Waals surface area contributed by atoms with Crippen LogP contribution in [0.2, 0.25) is 0 Å². The molecule has 0 spiro atoms. The second kappa shape index (κ2) is 7.11. The van der Waals surface area contributed by atoms with Gasteiger partial charge in [0, 0.05) is 7.11 Å². The van der Waals surface area contributed by atoms with E-state index in [9.17, 15) is 0 Å². The molecule has 1 aromatic rings. The molecular formula is C12H19NO4. The van der Waals surface area contributed by atoms with Crippen LogP contribution in [-0.2, 0) is 22.7 Å². The van der Waals surface area contributed by atoms with Gasteiger partial charge < -0.3 is 19.0 Å². The molecule has 0 aromatic heterocycles. The van der Waals surface area contributed by atoms with E-state index in [1.807, 2.05) is 12.1 Å². The Labute approximate surface area is 102 Å². The van der Waals surface area contributed by atoms with Crippen molar-refractivity contribution in [1.82, 2.24) is 5.48 Å².